The molecule has 0 amide bonds. The van der Waals surface area contributed by atoms with Gasteiger partial charge in [0.25, 0.3) is 5.69 Å². The van der Waals surface area contributed by atoms with Gasteiger partial charge in [0.2, 0.25) is 11.8 Å². The standard InChI is InChI=1S/C13H15FN4O3/c1-8(2)15-4-3-12-16-17-13(21-12)9-5-10(14)7-11(6-9)18(19)20/h5-8,15H,3-4H2,1-2H3. The van der Waals surface area contributed by atoms with Crippen molar-refractivity contribution in [2.75, 3.05) is 6.54 Å². The first-order chi connectivity index (χ1) is 9.95. The molecule has 0 radical (unpaired) electrons. The maximum atomic E-state index is 13.4. The lowest BCUT2D eigenvalue weighted by Gasteiger charge is -2.04. The van der Waals surface area contributed by atoms with E-state index in [1.54, 1.807) is 0 Å². The first kappa shape index (κ1) is 15.0. The van der Waals surface area contributed by atoms with Crippen molar-refractivity contribution in [2.24, 2.45) is 0 Å². The van der Waals surface area contributed by atoms with Gasteiger partial charge in [-0.1, -0.05) is 13.8 Å². The molecule has 21 heavy (non-hydrogen) atoms. The van der Waals surface area contributed by atoms with Crippen molar-refractivity contribution in [3.63, 3.8) is 0 Å². The number of rotatable bonds is 6. The Morgan fingerprint density at radius 2 is 2.14 bits per heavy atom. The Morgan fingerprint density at radius 3 is 2.81 bits per heavy atom. The molecular formula is C13H15FN4O3. The minimum Gasteiger partial charge on any atom is -0.421 e. The molecule has 8 heteroatoms. The van der Waals surface area contributed by atoms with E-state index in [1.165, 1.54) is 6.07 Å². The topological polar surface area (TPSA) is 94.1 Å². The molecule has 0 spiro atoms. The molecule has 2 aromatic rings. The molecule has 2 rings (SSSR count). The van der Waals surface area contributed by atoms with Crippen molar-refractivity contribution in [3.05, 3.63) is 40.0 Å². The highest BCUT2D eigenvalue weighted by molar-refractivity contribution is 5.57. The first-order valence-corrected chi connectivity index (χ1v) is 6.47. The van der Waals surface area contributed by atoms with E-state index in [-0.39, 0.29) is 17.1 Å². The zero-order valence-corrected chi connectivity index (χ0v) is 11.7. The zero-order chi connectivity index (χ0) is 15.4. The minimum atomic E-state index is -0.722. The lowest BCUT2D eigenvalue weighted by Crippen LogP contribution is -2.25. The summed E-state index contributed by atoms with van der Waals surface area (Å²) in [6, 6.07) is 3.51. The minimum absolute atomic E-state index is 0.0668. The van der Waals surface area contributed by atoms with Crippen molar-refractivity contribution in [3.8, 4) is 11.5 Å². The summed E-state index contributed by atoms with van der Waals surface area (Å²) in [5.74, 6) is -0.261. The molecule has 1 aromatic heterocycles. The van der Waals surface area contributed by atoms with Gasteiger partial charge in [0.05, 0.1) is 11.0 Å². The Bertz CT molecular complexity index is 642. The Morgan fingerprint density at radius 1 is 1.38 bits per heavy atom. The molecule has 1 N–H and O–H groups in total. The zero-order valence-electron chi connectivity index (χ0n) is 11.7. The van der Waals surface area contributed by atoms with E-state index < -0.39 is 10.7 Å². The molecule has 0 aliphatic heterocycles. The number of hydrogen-bond donors (Lipinski definition) is 1. The van der Waals surface area contributed by atoms with E-state index in [0.717, 1.165) is 12.1 Å². The summed E-state index contributed by atoms with van der Waals surface area (Å²) in [5.41, 5.74) is -0.163. The quantitative estimate of drug-likeness (QED) is 0.649. The van der Waals surface area contributed by atoms with E-state index in [2.05, 4.69) is 15.5 Å². The second-order valence-electron chi connectivity index (χ2n) is 4.81. The van der Waals surface area contributed by atoms with Crippen molar-refractivity contribution in [2.45, 2.75) is 26.3 Å². The number of aromatic nitrogens is 2. The highest BCUT2D eigenvalue weighted by Gasteiger charge is 2.15. The Kier molecular flexibility index (Phi) is 4.59. The van der Waals surface area contributed by atoms with Crippen LogP contribution in [0.4, 0.5) is 10.1 Å². The summed E-state index contributed by atoms with van der Waals surface area (Å²) in [5, 5.41) is 21.5. The Balaban J connectivity index is 2.15. The highest BCUT2D eigenvalue weighted by Crippen LogP contribution is 2.24. The van der Waals surface area contributed by atoms with Crippen LogP contribution in [-0.4, -0.2) is 27.7 Å². The summed E-state index contributed by atoms with van der Waals surface area (Å²) in [4.78, 5) is 10.0. The van der Waals surface area contributed by atoms with Gasteiger partial charge in [-0.15, -0.1) is 10.2 Å². The van der Waals surface area contributed by atoms with Crippen LogP contribution in [-0.2, 0) is 6.42 Å². The second-order valence-corrected chi connectivity index (χ2v) is 4.81. The number of benzene rings is 1. The maximum absolute atomic E-state index is 13.4. The maximum Gasteiger partial charge on any atom is 0.273 e. The SMILES string of the molecule is CC(C)NCCc1nnc(-c2cc(F)cc([N+](=O)[O-])c2)o1. The van der Waals surface area contributed by atoms with Crippen LogP contribution in [0.15, 0.2) is 22.6 Å². The molecule has 0 aliphatic carbocycles. The number of nitro benzene ring substituents is 1. The van der Waals surface area contributed by atoms with Crippen LogP contribution in [0.5, 0.6) is 0 Å². The third-order valence-electron chi connectivity index (χ3n) is 2.70. The van der Waals surface area contributed by atoms with Gasteiger partial charge in [-0.25, -0.2) is 4.39 Å². The van der Waals surface area contributed by atoms with Crippen LogP contribution in [0.25, 0.3) is 11.5 Å². The predicted molar refractivity (Wildman–Crippen MR) is 73.2 cm³/mol. The van der Waals surface area contributed by atoms with Gasteiger partial charge in [0, 0.05) is 30.6 Å². The number of halogens is 1. The molecule has 0 fully saturated rings. The van der Waals surface area contributed by atoms with Crippen LogP contribution in [0, 0.1) is 15.9 Å². The molecule has 0 atom stereocenters. The molecule has 1 heterocycles. The first-order valence-electron chi connectivity index (χ1n) is 6.47. The van der Waals surface area contributed by atoms with E-state index >= 15 is 0 Å². The van der Waals surface area contributed by atoms with Gasteiger partial charge in [0.15, 0.2) is 0 Å². The van der Waals surface area contributed by atoms with Gasteiger partial charge in [-0.3, -0.25) is 10.1 Å². The third-order valence-corrected chi connectivity index (χ3v) is 2.70. The molecule has 0 unspecified atom stereocenters. The molecule has 0 saturated heterocycles. The van der Waals surface area contributed by atoms with Gasteiger partial charge < -0.3 is 9.73 Å². The average molecular weight is 294 g/mol. The summed E-state index contributed by atoms with van der Waals surface area (Å²) in [7, 11) is 0. The van der Waals surface area contributed by atoms with Crippen molar-refractivity contribution in [1.82, 2.24) is 15.5 Å². The molecule has 112 valence electrons. The average Bonchev–Trinajstić information content (AvgIpc) is 2.86. The summed E-state index contributed by atoms with van der Waals surface area (Å²) in [6.07, 6.45) is 0.530. The van der Waals surface area contributed by atoms with E-state index in [9.17, 15) is 14.5 Å². The molecule has 1 aromatic carbocycles. The largest absolute Gasteiger partial charge is 0.421 e. The summed E-state index contributed by atoms with van der Waals surface area (Å²) < 4.78 is 18.8. The number of nitrogens with zero attached hydrogens (tertiary/aromatic N) is 3. The third kappa shape index (κ3) is 4.06. The molecular weight excluding hydrogens is 279 g/mol. The van der Waals surface area contributed by atoms with Crippen LogP contribution in [0.1, 0.15) is 19.7 Å². The number of nitro groups is 1. The van der Waals surface area contributed by atoms with Crippen LogP contribution >= 0.6 is 0 Å². The molecule has 7 nitrogen and oxygen atoms in total. The predicted octanol–water partition coefficient (Wildman–Crippen LogP) is 2.32. The van der Waals surface area contributed by atoms with Gasteiger partial charge in [0.1, 0.15) is 5.82 Å². The molecule has 0 saturated carbocycles. The van der Waals surface area contributed by atoms with Crippen LogP contribution < -0.4 is 5.32 Å². The van der Waals surface area contributed by atoms with E-state index in [0.29, 0.717) is 24.9 Å². The van der Waals surface area contributed by atoms with Gasteiger partial charge >= 0.3 is 0 Å². The summed E-state index contributed by atoms with van der Waals surface area (Å²) >= 11 is 0. The van der Waals surface area contributed by atoms with Gasteiger partial charge in [-0.2, -0.15) is 0 Å². The highest BCUT2D eigenvalue weighted by atomic mass is 19.1. The number of hydrogen-bond acceptors (Lipinski definition) is 6. The lowest BCUT2D eigenvalue weighted by molar-refractivity contribution is -0.385. The van der Waals surface area contributed by atoms with E-state index in [4.69, 9.17) is 4.42 Å². The number of non-ortho nitro benzene ring substituents is 1. The Hall–Kier alpha value is -2.35. The normalized spacial score (nSPS) is 11.0. The lowest BCUT2D eigenvalue weighted by atomic mass is 10.2. The fourth-order valence-corrected chi connectivity index (χ4v) is 1.74. The fourth-order valence-electron chi connectivity index (χ4n) is 1.74. The monoisotopic (exact) mass is 294 g/mol. The van der Waals surface area contributed by atoms with Crippen molar-refractivity contribution < 1.29 is 13.7 Å². The fraction of sp³-hybridized carbons (Fsp3) is 0.385. The molecule has 0 bridgehead atoms. The smallest absolute Gasteiger partial charge is 0.273 e. The van der Waals surface area contributed by atoms with Crippen LogP contribution in [0.3, 0.4) is 0 Å². The van der Waals surface area contributed by atoms with E-state index in [1.807, 2.05) is 13.8 Å². The molecule has 0 aliphatic rings. The van der Waals surface area contributed by atoms with Crippen molar-refractivity contribution >= 4 is 5.69 Å². The summed E-state index contributed by atoms with van der Waals surface area (Å²) in [6.45, 7) is 4.71. The number of nitrogens with one attached hydrogen (secondary N) is 1. The van der Waals surface area contributed by atoms with Crippen molar-refractivity contribution in [1.29, 1.82) is 0 Å². The van der Waals surface area contributed by atoms with Gasteiger partial charge in [-0.05, 0) is 6.07 Å². The Labute approximate surface area is 120 Å². The second kappa shape index (κ2) is 6.40. The van der Waals surface area contributed by atoms with Crippen LogP contribution in [0.2, 0.25) is 0 Å².